The molecule has 2 heteroatoms. The normalized spacial score (nSPS) is 12.1. The van der Waals surface area contributed by atoms with Crippen LogP contribution in [0.4, 0.5) is 0 Å². The molecule has 0 saturated carbocycles. The molecule has 0 spiro atoms. The summed E-state index contributed by atoms with van der Waals surface area (Å²) in [5.74, 6) is 0. The lowest BCUT2D eigenvalue weighted by Crippen LogP contribution is -1.91. The number of benzene rings is 8. The van der Waals surface area contributed by atoms with Crippen LogP contribution in [0.25, 0.3) is 94.9 Å². The predicted octanol–water partition coefficient (Wildman–Crippen LogP) is 13.2. The van der Waals surface area contributed by atoms with Crippen molar-refractivity contribution in [2.45, 2.75) is 0 Å². The molecule has 0 amide bonds. The molecule has 0 nitrogen and oxygen atoms in total. The Bertz CT molecular complexity index is 2580. The molecule has 0 saturated heterocycles. The molecule has 0 aliphatic heterocycles. The van der Waals surface area contributed by atoms with Crippen molar-refractivity contribution in [2.24, 2.45) is 0 Å². The smallest absolute Gasteiger partial charge is 0.0361 e. The Morgan fingerprint density at radius 1 is 0.273 bits per heavy atom. The first-order valence-corrected chi connectivity index (χ1v) is 16.6. The molecule has 10 aromatic rings. The zero-order valence-electron chi connectivity index (χ0n) is 23.7. The van der Waals surface area contributed by atoms with Crippen molar-refractivity contribution in [1.29, 1.82) is 0 Å². The summed E-state index contributed by atoms with van der Waals surface area (Å²) in [6, 6.07) is 54.3. The highest BCUT2D eigenvalue weighted by molar-refractivity contribution is 7.26. The van der Waals surface area contributed by atoms with E-state index in [0.717, 1.165) is 0 Å². The number of thiophene rings is 2. The molecule has 0 bridgehead atoms. The summed E-state index contributed by atoms with van der Waals surface area (Å²) in [6.07, 6.45) is 0. The van der Waals surface area contributed by atoms with Gasteiger partial charge in [0.2, 0.25) is 0 Å². The van der Waals surface area contributed by atoms with Gasteiger partial charge >= 0.3 is 0 Å². The van der Waals surface area contributed by atoms with Gasteiger partial charge in [-0.15, -0.1) is 22.7 Å². The Morgan fingerprint density at radius 2 is 0.659 bits per heavy atom. The van der Waals surface area contributed by atoms with Gasteiger partial charge in [0.15, 0.2) is 0 Å². The van der Waals surface area contributed by atoms with Gasteiger partial charge in [0, 0.05) is 40.3 Å². The molecule has 0 aliphatic carbocycles. The van der Waals surface area contributed by atoms with Gasteiger partial charge in [0.25, 0.3) is 0 Å². The summed E-state index contributed by atoms with van der Waals surface area (Å²) in [4.78, 5) is 0. The fourth-order valence-corrected chi connectivity index (χ4v) is 9.54. The van der Waals surface area contributed by atoms with Crippen molar-refractivity contribution in [1.82, 2.24) is 0 Å². The maximum atomic E-state index is 2.42. The molecule has 2 heterocycles. The van der Waals surface area contributed by atoms with Crippen molar-refractivity contribution in [2.75, 3.05) is 0 Å². The van der Waals surface area contributed by atoms with Gasteiger partial charge in [0.05, 0.1) is 0 Å². The number of hydrogen-bond acceptors (Lipinski definition) is 2. The zero-order valence-corrected chi connectivity index (χ0v) is 25.3. The van der Waals surface area contributed by atoms with Crippen molar-refractivity contribution in [3.8, 4) is 22.3 Å². The molecule has 204 valence electrons. The third-order valence-corrected chi connectivity index (χ3v) is 11.5. The SMILES string of the molecule is c1ccc2cc3c(-c4ccc5c(c4)sc4ccccc45)c4ccccc4c(-c4ccc5c(c4)sc4ccccc45)c3cc2c1. The van der Waals surface area contributed by atoms with Crippen molar-refractivity contribution < 1.29 is 0 Å². The maximum Gasteiger partial charge on any atom is 0.0361 e. The Balaban J connectivity index is 1.33. The molecule has 0 fully saturated rings. The molecular weight excluding hydrogens is 569 g/mol. The molecule has 44 heavy (non-hydrogen) atoms. The van der Waals surface area contributed by atoms with E-state index in [9.17, 15) is 0 Å². The van der Waals surface area contributed by atoms with Crippen LogP contribution >= 0.6 is 22.7 Å². The van der Waals surface area contributed by atoms with Crippen molar-refractivity contribution >= 4 is 95.3 Å². The van der Waals surface area contributed by atoms with E-state index in [0.29, 0.717) is 0 Å². The lowest BCUT2D eigenvalue weighted by Gasteiger charge is -2.19. The van der Waals surface area contributed by atoms with Gasteiger partial charge in [-0.25, -0.2) is 0 Å². The van der Waals surface area contributed by atoms with Crippen LogP contribution in [-0.4, -0.2) is 0 Å². The minimum Gasteiger partial charge on any atom is -0.135 e. The second kappa shape index (κ2) is 9.24. The van der Waals surface area contributed by atoms with E-state index in [-0.39, 0.29) is 0 Å². The standard InChI is InChI=1S/C42H24S2/c1-2-10-26-22-36-35(21-25(26)9-1)41(27-17-19-31-29-11-5-7-15-37(29)43-39(31)23-27)33-13-3-4-14-34(33)42(36)28-18-20-32-30-12-6-8-16-38(30)44-40(32)24-28/h1-24H. The summed E-state index contributed by atoms with van der Waals surface area (Å²) in [5, 5.41) is 13.1. The van der Waals surface area contributed by atoms with Crippen LogP contribution in [0.15, 0.2) is 146 Å². The number of rotatable bonds is 2. The van der Waals surface area contributed by atoms with E-state index in [1.807, 2.05) is 22.7 Å². The van der Waals surface area contributed by atoms with Crippen LogP contribution in [0, 0.1) is 0 Å². The first-order chi connectivity index (χ1) is 21.8. The van der Waals surface area contributed by atoms with Crippen LogP contribution in [0.3, 0.4) is 0 Å². The van der Waals surface area contributed by atoms with Crippen LogP contribution in [0.1, 0.15) is 0 Å². The summed E-state index contributed by atoms with van der Waals surface area (Å²) in [5.41, 5.74) is 5.17. The molecule has 0 aliphatic rings. The average molecular weight is 593 g/mol. The van der Waals surface area contributed by atoms with Gasteiger partial charge in [-0.3, -0.25) is 0 Å². The van der Waals surface area contributed by atoms with Gasteiger partial charge in [-0.2, -0.15) is 0 Å². The summed E-state index contributed by atoms with van der Waals surface area (Å²) >= 11 is 3.78. The van der Waals surface area contributed by atoms with Gasteiger partial charge < -0.3 is 0 Å². The highest BCUT2D eigenvalue weighted by atomic mass is 32.1. The third-order valence-electron chi connectivity index (χ3n) is 9.23. The minimum absolute atomic E-state index is 1.27. The molecule has 8 aromatic carbocycles. The van der Waals surface area contributed by atoms with E-state index in [4.69, 9.17) is 0 Å². The zero-order chi connectivity index (χ0) is 28.8. The molecule has 0 radical (unpaired) electrons. The summed E-state index contributed by atoms with van der Waals surface area (Å²) in [7, 11) is 0. The Hall–Kier alpha value is -5.02. The summed E-state index contributed by atoms with van der Waals surface area (Å²) < 4.78 is 5.35. The van der Waals surface area contributed by atoms with Crippen molar-refractivity contribution in [3.63, 3.8) is 0 Å². The third kappa shape index (κ3) is 3.50. The fourth-order valence-electron chi connectivity index (χ4n) is 7.25. The Morgan fingerprint density at radius 3 is 1.14 bits per heavy atom. The van der Waals surface area contributed by atoms with Gasteiger partial charge in [0.1, 0.15) is 0 Å². The first kappa shape index (κ1) is 24.4. The Kier molecular flexibility index (Phi) is 5.13. The lowest BCUT2D eigenvalue weighted by molar-refractivity contribution is 1.71. The Labute approximate surface area is 262 Å². The topological polar surface area (TPSA) is 0 Å². The van der Waals surface area contributed by atoms with E-state index in [1.165, 1.54) is 94.9 Å². The van der Waals surface area contributed by atoms with Gasteiger partial charge in [-0.1, -0.05) is 109 Å². The lowest BCUT2D eigenvalue weighted by atomic mass is 9.84. The average Bonchev–Trinajstić information content (AvgIpc) is 3.63. The molecular formula is C42H24S2. The minimum atomic E-state index is 1.27. The fraction of sp³-hybridized carbons (Fsp3) is 0. The van der Waals surface area contributed by atoms with Crippen LogP contribution in [0.2, 0.25) is 0 Å². The second-order valence-electron chi connectivity index (χ2n) is 11.7. The number of hydrogen-bond donors (Lipinski definition) is 0. The molecule has 2 aromatic heterocycles. The van der Waals surface area contributed by atoms with Crippen LogP contribution in [-0.2, 0) is 0 Å². The largest absolute Gasteiger partial charge is 0.135 e. The second-order valence-corrected chi connectivity index (χ2v) is 13.8. The molecule has 0 unspecified atom stereocenters. The highest BCUT2D eigenvalue weighted by Gasteiger charge is 2.19. The number of fused-ring (bicyclic) bond motifs is 9. The first-order valence-electron chi connectivity index (χ1n) is 15.0. The highest BCUT2D eigenvalue weighted by Crippen LogP contribution is 2.47. The summed E-state index contributed by atoms with van der Waals surface area (Å²) in [6.45, 7) is 0. The maximum absolute atomic E-state index is 2.42. The van der Waals surface area contributed by atoms with Gasteiger partial charge in [-0.05, 0) is 91.0 Å². The van der Waals surface area contributed by atoms with Crippen LogP contribution < -0.4 is 0 Å². The van der Waals surface area contributed by atoms with Crippen molar-refractivity contribution in [3.05, 3.63) is 146 Å². The van der Waals surface area contributed by atoms with E-state index in [2.05, 4.69) is 146 Å². The van der Waals surface area contributed by atoms with Crippen LogP contribution in [0.5, 0.6) is 0 Å². The van der Waals surface area contributed by atoms with E-state index in [1.54, 1.807) is 0 Å². The van der Waals surface area contributed by atoms with E-state index < -0.39 is 0 Å². The van der Waals surface area contributed by atoms with E-state index >= 15 is 0 Å². The quantitative estimate of drug-likeness (QED) is 0.175. The monoisotopic (exact) mass is 592 g/mol. The molecule has 10 rings (SSSR count). The molecule has 0 N–H and O–H groups in total. The molecule has 0 atom stereocenters. The predicted molar refractivity (Wildman–Crippen MR) is 196 cm³/mol.